The van der Waals surface area contributed by atoms with Gasteiger partial charge in [-0.2, -0.15) is 0 Å². The number of nitrogen functional groups attached to an aromatic ring is 1. The van der Waals surface area contributed by atoms with Crippen molar-refractivity contribution in [3.8, 4) is 0 Å². The summed E-state index contributed by atoms with van der Waals surface area (Å²) in [6.45, 7) is 5.87. The summed E-state index contributed by atoms with van der Waals surface area (Å²) in [5.74, 6) is 1.05. The van der Waals surface area contributed by atoms with Gasteiger partial charge in [0.1, 0.15) is 10.8 Å². The molecule has 98 valence electrons. The number of rotatable bonds is 6. The molecule has 6 nitrogen and oxygen atoms in total. The van der Waals surface area contributed by atoms with Crippen molar-refractivity contribution in [3.63, 3.8) is 0 Å². The molecule has 0 saturated heterocycles. The lowest BCUT2D eigenvalue weighted by Crippen LogP contribution is -2.26. The summed E-state index contributed by atoms with van der Waals surface area (Å²) >= 11 is 1.43. The fraction of sp³-hybridized carbons (Fsp3) is 0.545. The van der Waals surface area contributed by atoms with E-state index in [0.717, 1.165) is 30.3 Å². The Kier molecular flexibility index (Phi) is 4.27. The van der Waals surface area contributed by atoms with Gasteiger partial charge in [0.25, 0.3) is 0 Å². The molecule has 0 radical (unpaired) electrons. The molecule has 3 N–H and O–H groups in total. The second kappa shape index (κ2) is 5.92. The monoisotopic (exact) mass is 266 g/mol. The van der Waals surface area contributed by atoms with Crippen LogP contribution in [0.15, 0.2) is 12.4 Å². The van der Waals surface area contributed by atoms with Crippen LogP contribution in [0, 0.1) is 6.92 Å². The van der Waals surface area contributed by atoms with Crippen LogP contribution >= 0.6 is 11.3 Å². The molecule has 0 aliphatic rings. The van der Waals surface area contributed by atoms with Gasteiger partial charge in [0.15, 0.2) is 0 Å². The second-order valence-corrected chi connectivity index (χ2v) is 5.37. The normalized spacial score (nSPS) is 12.8. The molecule has 1 atom stereocenters. The number of hydrogen-bond donors (Lipinski definition) is 2. The molecule has 0 aromatic carbocycles. The first-order chi connectivity index (χ1) is 8.65. The van der Waals surface area contributed by atoms with Gasteiger partial charge in [-0.1, -0.05) is 11.3 Å². The topological polar surface area (TPSA) is 81.7 Å². The van der Waals surface area contributed by atoms with Crippen molar-refractivity contribution in [1.82, 2.24) is 25.1 Å². The van der Waals surface area contributed by atoms with Crippen LogP contribution in [-0.4, -0.2) is 25.8 Å². The number of imidazole rings is 1. The lowest BCUT2D eigenvalue weighted by atomic mass is 10.2. The first-order valence-corrected chi connectivity index (χ1v) is 6.76. The highest BCUT2D eigenvalue weighted by Crippen LogP contribution is 2.10. The van der Waals surface area contributed by atoms with Crippen LogP contribution in [0.25, 0.3) is 0 Å². The van der Waals surface area contributed by atoms with E-state index >= 15 is 0 Å². The Morgan fingerprint density at radius 1 is 1.50 bits per heavy atom. The minimum absolute atomic E-state index is 0.414. The van der Waals surface area contributed by atoms with Gasteiger partial charge in [0, 0.05) is 25.0 Å². The Labute approximate surface area is 110 Å². The van der Waals surface area contributed by atoms with E-state index in [0.29, 0.717) is 11.2 Å². The summed E-state index contributed by atoms with van der Waals surface area (Å²) < 4.78 is 2.15. The van der Waals surface area contributed by atoms with E-state index in [1.165, 1.54) is 11.3 Å². The highest BCUT2D eigenvalue weighted by Gasteiger charge is 2.06. The lowest BCUT2D eigenvalue weighted by Gasteiger charge is -2.13. The molecular formula is C11H18N6S. The molecular weight excluding hydrogens is 248 g/mol. The van der Waals surface area contributed by atoms with Crippen molar-refractivity contribution in [3.05, 3.63) is 23.2 Å². The van der Waals surface area contributed by atoms with Crippen LogP contribution in [0.3, 0.4) is 0 Å². The predicted molar refractivity (Wildman–Crippen MR) is 72.2 cm³/mol. The lowest BCUT2D eigenvalue weighted by molar-refractivity contribution is 0.471. The van der Waals surface area contributed by atoms with Gasteiger partial charge in [0.2, 0.25) is 5.13 Å². The molecule has 0 aliphatic heterocycles. The highest BCUT2D eigenvalue weighted by molar-refractivity contribution is 7.15. The minimum Gasteiger partial charge on any atom is -0.374 e. The van der Waals surface area contributed by atoms with E-state index in [1.807, 2.05) is 19.3 Å². The van der Waals surface area contributed by atoms with Crippen molar-refractivity contribution >= 4 is 16.5 Å². The molecule has 0 fully saturated rings. The van der Waals surface area contributed by atoms with E-state index in [4.69, 9.17) is 5.73 Å². The summed E-state index contributed by atoms with van der Waals surface area (Å²) in [6, 6.07) is 0.414. The molecule has 0 saturated carbocycles. The van der Waals surface area contributed by atoms with Crippen molar-refractivity contribution < 1.29 is 0 Å². The smallest absolute Gasteiger partial charge is 0.203 e. The zero-order chi connectivity index (χ0) is 13.0. The van der Waals surface area contributed by atoms with Crippen LogP contribution in [0.2, 0.25) is 0 Å². The summed E-state index contributed by atoms with van der Waals surface area (Å²) in [5, 5.41) is 12.6. The molecule has 0 amide bonds. The van der Waals surface area contributed by atoms with E-state index in [-0.39, 0.29) is 0 Å². The van der Waals surface area contributed by atoms with Crippen LogP contribution in [-0.2, 0) is 13.1 Å². The zero-order valence-corrected chi connectivity index (χ0v) is 11.4. The van der Waals surface area contributed by atoms with Gasteiger partial charge in [-0.3, -0.25) is 0 Å². The second-order valence-electron chi connectivity index (χ2n) is 4.27. The van der Waals surface area contributed by atoms with Gasteiger partial charge < -0.3 is 15.6 Å². The molecule has 0 bridgehead atoms. The number of anilines is 1. The largest absolute Gasteiger partial charge is 0.374 e. The molecule has 0 spiro atoms. The van der Waals surface area contributed by atoms with Crippen molar-refractivity contribution in [2.75, 3.05) is 5.73 Å². The fourth-order valence-corrected chi connectivity index (χ4v) is 2.23. The third-order valence-corrected chi connectivity index (χ3v) is 3.56. The van der Waals surface area contributed by atoms with Crippen molar-refractivity contribution in [2.24, 2.45) is 0 Å². The third kappa shape index (κ3) is 3.51. The Morgan fingerprint density at radius 2 is 2.33 bits per heavy atom. The molecule has 2 heterocycles. The number of nitrogens with one attached hydrogen (secondary N) is 1. The fourth-order valence-electron chi connectivity index (χ4n) is 1.67. The maximum Gasteiger partial charge on any atom is 0.203 e. The molecule has 0 unspecified atom stereocenters. The van der Waals surface area contributed by atoms with E-state index in [9.17, 15) is 0 Å². The van der Waals surface area contributed by atoms with Crippen LogP contribution < -0.4 is 11.1 Å². The number of nitrogens with two attached hydrogens (primary N) is 1. The Balaban J connectivity index is 1.72. The molecule has 0 aliphatic carbocycles. The van der Waals surface area contributed by atoms with Gasteiger partial charge in [-0.15, -0.1) is 10.2 Å². The Morgan fingerprint density at radius 3 is 2.94 bits per heavy atom. The molecule has 7 heteroatoms. The standard InChI is InChI=1S/C11H18N6S/c1-8(3-5-17-6-4-13-9(17)2)14-7-10-15-16-11(12)18-10/h4,6,8,14H,3,5,7H2,1-2H3,(H2,12,16)/t8-/m1/s1. The molecule has 18 heavy (non-hydrogen) atoms. The molecule has 2 aromatic rings. The quantitative estimate of drug-likeness (QED) is 0.821. The zero-order valence-electron chi connectivity index (χ0n) is 10.6. The average molecular weight is 266 g/mol. The van der Waals surface area contributed by atoms with Gasteiger partial charge >= 0.3 is 0 Å². The number of nitrogens with zero attached hydrogens (tertiary/aromatic N) is 4. The minimum atomic E-state index is 0.414. The number of hydrogen-bond acceptors (Lipinski definition) is 6. The Hall–Kier alpha value is -1.47. The van der Waals surface area contributed by atoms with Crippen LogP contribution in [0.5, 0.6) is 0 Å². The van der Waals surface area contributed by atoms with Crippen LogP contribution in [0.4, 0.5) is 5.13 Å². The van der Waals surface area contributed by atoms with E-state index in [2.05, 4.69) is 32.0 Å². The van der Waals surface area contributed by atoms with Gasteiger partial charge in [0.05, 0.1) is 6.54 Å². The predicted octanol–water partition coefficient (Wildman–Crippen LogP) is 1.19. The summed E-state index contributed by atoms with van der Waals surface area (Å²) in [6.07, 6.45) is 4.89. The average Bonchev–Trinajstić information content (AvgIpc) is 2.93. The number of aromatic nitrogens is 4. The summed E-state index contributed by atoms with van der Waals surface area (Å²) in [4.78, 5) is 4.20. The van der Waals surface area contributed by atoms with E-state index < -0.39 is 0 Å². The van der Waals surface area contributed by atoms with Crippen LogP contribution in [0.1, 0.15) is 24.2 Å². The molecule has 2 aromatic heterocycles. The van der Waals surface area contributed by atoms with Gasteiger partial charge in [-0.25, -0.2) is 4.98 Å². The maximum absolute atomic E-state index is 5.53. The van der Waals surface area contributed by atoms with Crippen molar-refractivity contribution in [2.45, 2.75) is 39.4 Å². The summed E-state index contributed by atoms with van der Waals surface area (Å²) in [5.41, 5.74) is 5.53. The maximum atomic E-state index is 5.53. The Bertz CT molecular complexity index is 491. The highest BCUT2D eigenvalue weighted by atomic mass is 32.1. The first kappa shape index (κ1) is 13.0. The molecule has 2 rings (SSSR count). The van der Waals surface area contributed by atoms with E-state index in [1.54, 1.807) is 0 Å². The SMILES string of the molecule is Cc1nccn1CC[C@@H](C)NCc1nnc(N)s1. The summed E-state index contributed by atoms with van der Waals surface area (Å²) in [7, 11) is 0. The first-order valence-electron chi connectivity index (χ1n) is 5.94. The number of aryl methyl sites for hydroxylation is 2. The third-order valence-electron chi connectivity index (χ3n) is 2.81. The van der Waals surface area contributed by atoms with Crippen molar-refractivity contribution in [1.29, 1.82) is 0 Å². The van der Waals surface area contributed by atoms with Gasteiger partial charge in [-0.05, 0) is 20.3 Å².